The molecule has 0 heterocycles. The van der Waals surface area contributed by atoms with Gasteiger partial charge in [0.05, 0.1) is 40.3 Å². The van der Waals surface area contributed by atoms with E-state index in [0.29, 0.717) is 12.8 Å². The van der Waals surface area contributed by atoms with Crippen LogP contribution < -0.4 is 5.11 Å². The van der Waals surface area contributed by atoms with Crippen LogP contribution in [0, 0.1) is 0 Å². The van der Waals surface area contributed by atoms with Crippen LogP contribution in [-0.2, 0) is 28.6 Å². The van der Waals surface area contributed by atoms with Gasteiger partial charge in [0.2, 0.25) is 0 Å². The van der Waals surface area contributed by atoms with Crippen molar-refractivity contribution in [2.24, 2.45) is 0 Å². The summed E-state index contributed by atoms with van der Waals surface area (Å²) in [4.78, 5) is 37.0. The van der Waals surface area contributed by atoms with Gasteiger partial charge in [0, 0.05) is 19.3 Å². The molecule has 0 aliphatic rings. The molecule has 8 nitrogen and oxygen atoms in total. The summed E-state index contributed by atoms with van der Waals surface area (Å²) < 4.78 is 17.1. The lowest BCUT2D eigenvalue weighted by Crippen LogP contribution is -2.55. The fourth-order valence-electron chi connectivity index (χ4n) is 6.20. The number of nitrogens with zero attached hydrogens (tertiary/aromatic N) is 1. The number of aliphatic carboxylic acids is 1. The van der Waals surface area contributed by atoms with E-state index in [2.05, 4.69) is 123 Å². The maximum atomic E-state index is 12.7. The van der Waals surface area contributed by atoms with Crippen LogP contribution in [-0.4, -0.2) is 75.5 Å². The second-order valence-electron chi connectivity index (χ2n) is 16.6. The predicted octanol–water partition coefficient (Wildman–Crippen LogP) is 12.5. The molecule has 0 fully saturated rings. The van der Waals surface area contributed by atoms with Gasteiger partial charge in [-0.25, -0.2) is 0 Å². The summed E-state index contributed by atoms with van der Waals surface area (Å²) in [6, 6.07) is -0.749. The van der Waals surface area contributed by atoms with E-state index in [9.17, 15) is 19.5 Å². The minimum absolute atomic E-state index is 0.00186. The fourth-order valence-corrected chi connectivity index (χ4v) is 6.20. The Morgan fingerprint density at radius 2 is 0.873 bits per heavy atom. The SMILES string of the molecule is CC/C=C/C/C=C/C/C=C/C/C=C/C/C=C/C/C=C/CCC(=O)OC(COCCC(C(=O)[O-])[N+](C)(C)C)COC(=O)CCCCCCCCC/C=C/C/C=C/C/C=C/C/C=C/CC. The molecule has 0 saturated heterocycles. The van der Waals surface area contributed by atoms with Crippen LogP contribution in [0.15, 0.2) is 122 Å². The van der Waals surface area contributed by atoms with Gasteiger partial charge in [0.15, 0.2) is 6.10 Å². The average molecular weight is 874 g/mol. The summed E-state index contributed by atoms with van der Waals surface area (Å²) in [5.74, 6) is -1.87. The highest BCUT2D eigenvalue weighted by Gasteiger charge is 2.25. The van der Waals surface area contributed by atoms with E-state index in [4.69, 9.17) is 14.2 Å². The van der Waals surface area contributed by atoms with Crippen molar-refractivity contribution in [1.29, 1.82) is 0 Å². The Kier molecular flexibility index (Phi) is 41.3. The summed E-state index contributed by atoms with van der Waals surface area (Å²) >= 11 is 0. The van der Waals surface area contributed by atoms with Crippen molar-refractivity contribution in [2.75, 3.05) is 41.0 Å². The number of esters is 2. The Morgan fingerprint density at radius 1 is 0.476 bits per heavy atom. The van der Waals surface area contributed by atoms with Crippen LogP contribution in [0.3, 0.4) is 0 Å². The van der Waals surface area contributed by atoms with E-state index in [1.807, 2.05) is 12.2 Å². The molecule has 0 amide bonds. The van der Waals surface area contributed by atoms with Gasteiger partial charge >= 0.3 is 11.9 Å². The maximum Gasteiger partial charge on any atom is 0.306 e. The van der Waals surface area contributed by atoms with Crippen molar-refractivity contribution >= 4 is 17.9 Å². The van der Waals surface area contributed by atoms with E-state index in [1.165, 1.54) is 19.3 Å². The number of hydrogen-bond donors (Lipinski definition) is 0. The Bertz CT molecular complexity index is 1440. The lowest BCUT2D eigenvalue weighted by molar-refractivity contribution is -0.889. The Morgan fingerprint density at radius 3 is 1.30 bits per heavy atom. The third kappa shape index (κ3) is 42.8. The van der Waals surface area contributed by atoms with Crippen LogP contribution in [0.25, 0.3) is 0 Å². The first-order valence-corrected chi connectivity index (χ1v) is 24.1. The lowest BCUT2D eigenvalue weighted by atomic mass is 10.1. The van der Waals surface area contributed by atoms with Gasteiger partial charge in [-0.1, -0.05) is 167 Å². The fraction of sp³-hybridized carbons (Fsp3) is 0.582. The molecule has 0 spiro atoms. The highest BCUT2D eigenvalue weighted by molar-refractivity contribution is 5.70. The number of rotatable bonds is 41. The van der Waals surface area contributed by atoms with E-state index >= 15 is 0 Å². The van der Waals surface area contributed by atoms with Crippen molar-refractivity contribution in [3.63, 3.8) is 0 Å². The van der Waals surface area contributed by atoms with Gasteiger partial charge in [-0.3, -0.25) is 9.59 Å². The van der Waals surface area contributed by atoms with Crippen molar-refractivity contribution < 1.29 is 38.2 Å². The van der Waals surface area contributed by atoms with Crippen LogP contribution in [0.5, 0.6) is 0 Å². The number of carbonyl (C=O) groups is 3. The third-order valence-electron chi connectivity index (χ3n) is 9.86. The van der Waals surface area contributed by atoms with Crippen molar-refractivity contribution in [1.82, 2.24) is 0 Å². The van der Waals surface area contributed by atoms with Gasteiger partial charge in [-0.2, -0.15) is 0 Å². The number of quaternary nitrogens is 1. The Labute approximate surface area is 384 Å². The van der Waals surface area contributed by atoms with Crippen LogP contribution >= 0.6 is 0 Å². The van der Waals surface area contributed by atoms with Crippen molar-refractivity contribution in [2.45, 2.75) is 167 Å². The second kappa shape index (κ2) is 44.3. The van der Waals surface area contributed by atoms with Gasteiger partial charge in [-0.05, 0) is 89.9 Å². The molecule has 0 rings (SSSR count). The van der Waals surface area contributed by atoms with E-state index in [-0.39, 0.29) is 43.1 Å². The standard InChI is InChI=1S/C55H87NO7/c1-6-8-10-12-14-16-18-20-22-24-26-28-29-31-33-35-37-39-41-43-45-53(57)62-50-51(49-61-48-47-52(55(59)60)56(3,4)5)63-54(58)46-44-42-40-38-36-34-32-30-27-25-23-21-19-17-15-13-11-9-7-2/h8-11,14-17,20-23,26-28,30,34,36,40,42,51-52H,6-7,12-13,18-19,24-25,29,31-33,35,37-39,41,43-50H2,1-5H3/b10-8+,11-9+,16-14+,17-15+,22-20+,23-21+,28-26+,30-27+,36-34+,42-40+. The number of carboxylic acid groups (broad SMARTS) is 1. The molecule has 0 bridgehead atoms. The molecule has 0 aliphatic heterocycles. The first-order chi connectivity index (χ1) is 30.6. The summed E-state index contributed by atoms with van der Waals surface area (Å²) in [7, 11) is 5.37. The highest BCUT2D eigenvalue weighted by atomic mass is 16.6. The van der Waals surface area contributed by atoms with Gasteiger partial charge in [0.1, 0.15) is 12.6 Å². The zero-order valence-electron chi connectivity index (χ0n) is 40.2. The Hall–Kier alpha value is -4.27. The minimum Gasteiger partial charge on any atom is -0.544 e. The minimum atomic E-state index is -1.14. The zero-order chi connectivity index (χ0) is 46.3. The number of unbranched alkanes of at least 4 members (excludes halogenated alkanes) is 7. The van der Waals surface area contributed by atoms with Gasteiger partial charge in [-0.15, -0.1) is 0 Å². The quantitative estimate of drug-likeness (QED) is 0.0261. The molecule has 0 aromatic rings. The summed E-state index contributed by atoms with van der Waals surface area (Å²) in [6.45, 7) is 4.32. The summed E-state index contributed by atoms with van der Waals surface area (Å²) in [5, 5.41) is 11.7. The molecule has 63 heavy (non-hydrogen) atoms. The smallest absolute Gasteiger partial charge is 0.306 e. The van der Waals surface area contributed by atoms with E-state index in [1.54, 1.807) is 21.1 Å². The first-order valence-electron chi connectivity index (χ1n) is 24.1. The maximum absolute atomic E-state index is 12.7. The number of likely N-dealkylation sites (N-methyl/N-ethyl adjacent to an activating group) is 1. The van der Waals surface area contributed by atoms with E-state index < -0.39 is 24.1 Å². The molecule has 0 aromatic heterocycles. The number of carbonyl (C=O) groups excluding carboxylic acids is 3. The largest absolute Gasteiger partial charge is 0.544 e. The normalized spacial score (nSPS) is 14.0. The molecular formula is C55H87NO7. The first kappa shape index (κ1) is 58.7. The monoisotopic (exact) mass is 874 g/mol. The molecule has 0 aromatic carbocycles. The predicted molar refractivity (Wildman–Crippen MR) is 263 cm³/mol. The average Bonchev–Trinajstić information content (AvgIpc) is 3.24. The topological polar surface area (TPSA) is 102 Å². The number of carboxylic acids is 1. The van der Waals surface area contributed by atoms with Gasteiger partial charge in [0.25, 0.3) is 0 Å². The number of ether oxygens (including phenoxy) is 3. The van der Waals surface area contributed by atoms with Crippen molar-refractivity contribution in [3.8, 4) is 0 Å². The lowest BCUT2D eigenvalue weighted by Gasteiger charge is -2.34. The summed E-state index contributed by atoms with van der Waals surface area (Å²) in [5.41, 5.74) is 0. The summed E-state index contributed by atoms with van der Waals surface area (Å²) in [6.07, 6.45) is 62.4. The second-order valence-corrected chi connectivity index (χ2v) is 16.6. The molecule has 354 valence electrons. The number of hydrogen-bond acceptors (Lipinski definition) is 7. The zero-order valence-corrected chi connectivity index (χ0v) is 40.2. The molecule has 8 heteroatoms. The van der Waals surface area contributed by atoms with Crippen molar-refractivity contribution in [3.05, 3.63) is 122 Å². The molecule has 0 aliphatic carbocycles. The van der Waals surface area contributed by atoms with Gasteiger partial charge < -0.3 is 28.6 Å². The number of allylic oxidation sites excluding steroid dienone is 20. The molecule has 2 unspecified atom stereocenters. The third-order valence-corrected chi connectivity index (χ3v) is 9.86. The van der Waals surface area contributed by atoms with Crippen LogP contribution in [0.4, 0.5) is 0 Å². The molecule has 0 saturated carbocycles. The molecule has 0 N–H and O–H groups in total. The molecule has 2 atom stereocenters. The highest BCUT2D eigenvalue weighted by Crippen LogP contribution is 2.12. The van der Waals surface area contributed by atoms with Crippen LogP contribution in [0.1, 0.15) is 155 Å². The molecular weight excluding hydrogens is 787 g/mol. The Balaban J connectivity index is 4.45. The van der Waals surface area contributed by atoms with E-state index in [0.717, 1.165) is 96.3 Å². The van der Waals surface area contributed by atoms with Crippen LogP contribution in [0.2, 0.25) is 0 Å². The molecule has 0 radical (unpaired) electrons.